The Kier molecular flexibility index (Phi) is 3.86. The molecular weight excluding hydrogens is 238 g/mol. The molecule has 17 heavy (non-hydrogen) atoms. The molecule has 0 saturated carbocycles. The Hall–Kier alpha value is -1.26. The second-order valence-electron chi connectivity index (χ2n) is 3.96. The van der Waals surface area contributed by atoms with Gasteiger partial charge < -0.3 is 9.73 Å². The second kappa shape index (κ2) is 5.38. The van der Waals surface area contributed by atoms with Gasteiger partial charge in [0.1, 0.15) is 5.76 Å². The van der Waals surface area contributed by atoms with Gasteiger partial charge >= 0.3 is 0 Å². The van der Waals surface area contributed by atoms with E-state index in [4.69, 9.17) is 16.0 Å². The second-order valence-corrected chi connectivity index (χ2v) is 4.37. The van der Waals surface area contributed by atoms with Crippen LogP contribution >= 0.6 is 11.6 Å². The molecule has 4 nitrogen and oxygen atoms in total. The quantitative estimate of drug-likeness (QED) is 0.891. The van der Waals surface area contributed by atoms with Crippen LogP contribution in [0.5, 0.6) is 0 Å². The highest BCUT2D eigenvalue weighted by molar-refractivity contribution is 6.31. The van der Waals surface area contributed by atoms with Crippen LogP contribution in [0.2, 0.25) is 5.02 Å². The van der Waals surface area contributed by atoms with Crippen molar-refractivity contribution in [3.8, 4) is 0 Å². The van der Waals surface area contributed by atoms with Crippen LogP contribution in [0, 0.1) is 6.92 Å². The minimum absolute atomic E-state index is 0.611. The highest BCUT2D eigenvalue weighted by Crippen LogP contribution is 2.14. The molecule has 0 aliphatic heterocycles. The third kappa shape index (κ3) is 3.11. The number of halogens is 1. The fourth-order valence-electron chi connectivity index (χ4n) is 1.61. The first-order valence-corrected chi connectivity index (χ1v) is 6.03. The molecule has 0 amide bonds. The molecule has 0 fully saturated rings. The van der Waals surface area contributed by atoms with Gasteiger partial charge in [-0.1, -0.05) is 18.5 Å². The van der Waals surface area contributed by atoms with Crippen molar-refractivity contribution >= 4 is 11.6 Å². The van der Waals surface area contributed by atoms with E-state index in [2.05, 4.69) is 17.3 Å². The molecule has 2 heterocycles. The summed E-state index contributed by atoms with van der Waals surface area (Å²) in [6.45, 7) is 6.36. The Bertz CT molecular complexity index is 470. The lowest BCUT2D eigenvalue weighted by Gasteiger charge is -1.96. The lowest BCUT2D eigenvalue weighted by molar-refractivity contribution is 0.477. The van der Waals surface area contributed by atoms with Crippen molar-refractivity contribution in [2.24, 2.45) is 0 Å². The predicted octanol–water partition coefficient (Wildman–Crippen LogP) is 2.60. The van der Waals surface area contributed by atoms with Crippen molar-refractivity contribution in [3.63, 3.8) is 0 Å². The summed E-state index contributed by atoms with van der Waals surface area (Å²) < 4.78 is 7.26. The van der Waals surface area contributed by atoms with Gasteiger partial charge in [-0.15, -0.1) is 0 Å². The summed E-state index contributed by atoms with van der Waals surface area (Å²) in [5.41, 5.74) is 1.99. The Morgan fingerprint density at radius 3 is 3.00 bits per heavy atom. The Balaban J connectivity index is 2.01. The summed E-state index contributed by atoms with van der Waals surface area (Å²) in [5, 5.41) is 8.22. The highest BCUT2D eigenvalue weighted by Gasteiger charge is 2.06. The molecule has 2 aromatic rings. The van der Waals surface area contributed by atoms with Gasteiger partial charge in [-0.25, -0.2) is 0 Å². The van der Waals surface area contributed by atoms with E-state index in [0.29, 0.717) is 11.6 Å². The molecule has 1 N–H and O–H groups in total. The number of hydrogen-bond acceptors (Lipinski definition) is 3. The summed E-state index contributed by atoms with van der Waals surface area (Å²) in [5.74, 6) is 0.886. The van der Waals surface area contributed by atoms with Crippen molar-refractivity contribution in [3.05, 3.63) is 40.6 Å². The summed E-state index contributed by atoms with van der Waals surface area (Å²) in [4.78, 5) is 0. The van der Waals surface area contributed by atoms with Crippen molar-refractivity contribution < 1.29 is 4.42 Å². The third-order valence-corrected chi connectivity index (χ3v) is 2.86. The number of aromatic nitrogens is 2. The molecule has 0 unspecified atom stereocenters. The van der Waals surface area contributed by atoms with E-state index in [9.17, 15) is 0 Å². The first kappa shape index (κ1) is 12.2. The molecule has 0 radical (unpaired) electrons. The molecule has 2 aromatic heterocycles. The zero-order valence-corrected chi connectivity index (χ0v) is 10.8. The number of rotatable bonds is 5. The number of furan rings is 1. The minimum Gasteiger partial charge on any atom is -0.467 e. The van der Waals surface area contributed by atoms with Gasteiger partial charge in [-0.05, 0) is 19.5 Å². The lowest BCUT2D eigenvalue weighted by Crippen LogP contribution is -2.10. The van der Waals surface area contributed by atoms with Crippen molar-refractivity contribution in [1.82, 2.24) is 15.1 Å². The molecule has 0 atom stereocenters. The molecule has 0 aliphatic rings. The van der Waals surface area contributed by atoms with Crippen molar-refractivity contribution in [2.75, 3.05) is 6.54 Å². The third-order valence-electron chi connectivity index (χ3n) is 2.49. The molecule has 92 valence electrons. The van der Waals surface area contributed by atoms with Gasteiger partial charge in [0.25, 0.3) is 0 Å². The number of hydrogen-bond donors (Lipinski definition) is 1. The monoisotopic (exact) mass is 253 g/mol. The van der Waals surface area contributed by atoms with Crippen LogP contribution in [0.25, 0.3) is 0 Å². The maximum absolute atomic E-state index is 5.95. The number of nitrogens with one attached hydrogen (secondary N) is 1. The first-order valence-electron chi connectivity index (χ1n) is 5.65. The largest absolute Gasteiger partial charge is 0.467 e. The van der Waals surface area contributed by atoms with Gasteiger partial charge in [0.15, 0.2) is 0 Å². The van der Waals surface area contributed by atoms with Gasteiger partial charge in [0.05, 0.1) is 23.5 Å². The number of nitrogens with zero attached hydrogens (tertiary/aromatic N) is 2. The summed E-state index contributed by atoms with van der Waals surface area (Å²) in [7, 11) is 0. The van der Waals surface area contributed by atoms with Crippen LogP contribution in [-0.2, 0) is 13.1 Å². The summed E-state index contributed by atoms with van der Waals surface area (Å²) in [6.07, 6.45) is 3.58. The molecular formula is C12H16ClN3O. The van der Waals surface area contributed by atoms with E-state index < -0.39 is 0 Å². The Morgan fingerprint density at radius 1 is 1.53 bits per heavy atom. The lowest BCUT2D eigenvalue weighted by atomic mass is 10.3. The zero-order valence-electron chi connectivity index (χ0n) is 10.0. The molecule has 0 aromatic carbocycles. The molecule has 0 bridgehead atoms. The van der Waals surface area contributed by atoms with Crippen LogP contribution in [-0.4, -0.2) is 16.3 Å². The summed E-state index contributed by atoms with van der Waals surface area (Å²) >= 11 is 5.95. The van der Waals surface area contributed by atoms with Crippen molar-refractivity contribution in [2.45, 2.75) is 26.9 Å². The van der Waals surface area contributed by atoms with Crippen LogP contribution in [0.4, 0.5) is 0 Å². The Morgan fingerprint density at radius 2 is 2.35 bits per heavy atom. The van der Waals surface area contributed by atoms with E-state index in [-0.39, 0.29) is 0 Å². The van der Waals surface area contributed by atoms with E-state index in [1.807, 2.05) is 19.2 Å². The summed E-state index contributed by atoms with van der Waals surface area (Å²) in [6, 6.07) is 2.04. The molecule has 2 rings (SSSR count). The van der Waals surface area contributed by atoms with E-state index >= 15 is 0 Å². The van der Waals surface area contributed by atoms with Gasteiger partial charge in [0, 0.05) is 18.3 Å². The topological polar surface area (TPSA) is 43.0 Å². The predicted molar refractivity (Wildman–Crippen MR) is 67.2 cm³/mol. The van der Waals surface area contributed by atoms with Crippen LogP contribution in [0.1, 0.15) is 23.9 Å². The van der Waals surface area contributed by atoms with E-state index in [1.165, 1.54) is 0 Å². The molecule has 0 saturated heterocycles. The Labute approximate surface area is 106 Å². The maximum Gasteiger partial charge on any atom is 0.125 e. The van der Waals surface area contributed by atoms with Gasteiger partial charge in [-0.2, -0.15) is 5.10 Å². The zero-order chi connectivity index (χ0) is 12.3. The SMILES string of the molecule is CCNCc1coc(Cn2cc(Cl)c(C)n2)c1. The first-order chi connectivity index (χ1) is 8.19. The molecule has 0 aliphatic carbocycles. The van der Waals surface area contributed by atoms with Crippen LogP contribution in [0.15, 0.2) is 22.9 Å². The average molecular weight is 254 g/mol. The van der Waals surface area contributed by atoms with Crippen molar-refractivity contribution in [1.29, 1.82) is 0 Å². The normalized spacial score (nSPS) is 11.0. The number of aryl methyl sites for hydroxylation is 1. The molecule has 5 heteroatoms. The smallest absolute Gasteiger partial charge is 0.125 e. The maximum atomic E-state index is 5.95. The fourth-order valence-corrected chi connectivity index (χ4v) is 1.76. The average Bonchev–Trinajstić information content (AvgIpc) is 2.85. The van der Waals surface area contributed by atoms with Gasteiger partial charge in [0.2, 0.25) is 0 Å². The minimum atomic E-state index is 0.611. The standard InChI is InChI=1S/C12H16ClN3O/c1-3-14-5-10-4-11(17-8-10)6-16-7-12(13)9(2)15-16/h4,7-8,14H,3,5-6H2,1-2H3. The van der Waals surface area contributed by atoms with E-state index in [0.717, 1.165) is 30.1 Å². The molecule has 0 spiro atoms. The van der Waals surface area contributed by atoms with Crippen LogP contribution < -0.4 is 5.32 Å². The van der Waals surface area contributed by atoms with Crippen LogP contribution in [0.3, 0.4) is 0 Å². The fraction of sp³-hybridized carbons (Fsp3) is 0.417. The van der Waals surface area contributed by atoms with Gasteiger partial charge in [-0.3, -0.25) is 4.68 Å². The van der Waals surface area contributed by atoms with E-state index in [1.54, 1.807) is 10.9 Å². The highest BCUT2D eigenvalue weighted by atomic mass is 35.5.